The lowest BCUT2D eigenvalue weighted by atomic mass is 10.1. The van der Waals surface area contributed by atoms with Crippen LogP contribution in [0, 0.1) is 13.8 Å². The van der Waals surface area contributed by atoms with Crippen LogP contribution in [0.2, 0.25) is 10.0 Å². The number of nitrogens with zero attached hydrogens (tertiary/aromatic N) is 12. The van der Waals surface area contributed by atoms with E-state index in [2.05, 4.69) is 84.2 Å². The van der Waals surface area contributed by atoms with Crippen LogP contribution in [0.1, 0.15) is 41.8 Å². The highest BCUT2D eigenvalue weighted by Crippen LogP contribution is 2.21. The average Bonchev–Trinajstić information content (AvgIpc) is 3.48. The zero-order valence-corrected chi connectivity index (χ0v) is 36.4. The maximum absolute atomic E-state index is 12.3. The Kier molecular flexibility index (Phi) is 14.4. The largest absolute Gasteiger partial charge is 0.339 e. The van der Waals surface area contributed by atoms with E-state index in [1.54, 1.807) is 12.4 Å². The van der Waals surface area contributed by atoms with Crippen LogP contribution in [0.15, 0.2) is 60.9 Å². The molecule has 318 valence electrons. The molecule has 8 rings (SSSR count). The molecule has 2 fully saturated rings. The third-order valence-corrected chi connectivity index (χ3v) is 11.1. The van der Waals surface area contributed by atoms with Crippen molar-refractivity contribution < 1.29 is 9.59 Å². The number of piperazine rings is 1. The molecule has 6 aromatic rings. The Labute approximate surface area is 365 Å². The van der Waals surface area contributed by atoms with Crippen LogP contribution in [0.25, 0.3) is 22.3 Å². The van der Waals surface area contributed by atoms with Gasteiger partial charge in [0.25, 0.3) is 0 Å². The first-order chi connectivity index (χ1) is 29.4. The van der Waals surface area contributed by atoms with Crippen LogP contribution in [-0.2, 0) is 22.4 Å². The van der Waals surface area contributed by atoms with Gasteiger partial charge in [0.1, 0.15) is 11.0 Å². The van der Waals surface area contributed by atoms with Crippen molar-refractivity contribution >= 4 is 80.9 Å². The summed E-state index contributed by atoms with van der Waals surface area (Å²) in [6, 6.07) is 15.0. The van der Waals surface area contributed by atoms with Gasteiger partial charge in [-0.05, 0) is 89.1 Å². The van der Waals surface area contributed by atoms with E-state index < -0.39 is 0 Å². The monoisotopic (exact) mass is 864 g/mol. The third-order valence-electron chi connectivity index (χ3n) is 10.6. The number of aromatic nitrogens is 8. The average molecular weight is 866 g/mol. The SMILES string of the molecule is Cc1nc(N2CCCN(C)CC2)nc2ncc(NC(=O)CCc3ccc(Cl)cc3)nc12.Cc1nc(N2CCN(C)CC2)nc2ncc(NC(=O)CCc3ccc(Cl)cc3)nc12. The van der Waals surface area contributed by atoms with E-state index in [0.29, 0.717) is 81.6 Å². The molecule has 2 amide bonds. The van der Waals surface area contributed by atoms with Gasteiger partial charge in [0.05, 0.1) is 23.8 Å². The van der Waals surface area contributed by atoms with E-state index in [4.69, 9.17) is 23.2 Å². The predicted molar refractivity (Wildman–Crippen MR) is 241 cm³/mol. The van der Waals surface area contributed by atoms with Crippen molar-refractivity contribution in [1.29, 1.82) is 0 Å². The van der Waals surface area contributed by atoms with Gasteiger partial charge in [-0.2, -0.15) is 9.97 Å². The number of nitrogens with one attached hydrogen (secondary N) is 2. The van der Waals surface area contributed by atoms with Crippen LogP contribution in [0.3, 0.4) is 0 Å². The number of anilines is 4. The Morgan fingerprint density at radius 3 is 1.41 bits per heavy atom. The van der Waals surface area contributed by atoms with Gasteiger partial charge in [0.15, 0.2) is 22.9 Å². The smallest absolute Gasteiger partial charge is 0.227 e. The van der Waals surface area contributed by atoms with Gasteiger partial charge in [0, 0.05) is 68.7 Å². The molecule has 61 heavy (non-hydrogen) atoms. The van der Waals surface area contributed by atoms with Crippen LogP contribution in [-0.4, -0.2) is 128 Å². The lowest BCUT2D eigenvalue weighted by Crippen LogP contribution is -2.45. The lowest BCUT2D eigenvalue weighted by molar-refractivity contribution is -0.117. The second kappa shape index (κ2) is 20.3. The second-order valence-electron chi connectivity index (χ2n) is 15.4. The molecule has 2 aliphatic heterocycles. The minimum atomic E-state index is -0.119. The molecule has 0 bridgehead atoms. The van der Waals surface area contributed by atoms with Gasteiger partial charge in [-0.25, -0.2) is 29.9 Å². The fourth-order valence-corrected chi connectivity index (χ4v) is 7.20. The Bertz CT molecular complexity index is 2470. The predicted octanol–water partition coefficient (Wildman–Crippen LogP) is 5.80. The number of halogens is 2. The minimum Gasteiger partial charge on any atom is -0.339 e. The van der Waals surface area contributed by atoms with Crippen molar-refractivity contribution in [3.63, 3.8) is 0 Å². The van der Waals surface area contributed by atoms with Gasteiger partial charge in [0.2, 0.25) is 23.7 Å². The molecule has 18 heteroatoms. The summed E-state index contributed by atoms with van der Waals surface area (Å²) < 4.78 is 0. The number of fused-ring (bicyclic) bond motifs is 2. The second-order valence-corrected chi connectivity index (χ2v) is 16.2. The van der Waals surface area contributed by atoms with Gasteiger partial charge in [-0.1, -0.05) is 47.5 Å². The van der Waals surface area contributed by atoms with Crippen LogP contribution >= 0.6 is 23.2 Å². The molecule has 16 nitrogen and oxygen atoms in total. The molecule has 0 unspecified atom stereocenters. The van der Waals surface area contributed by atoms with E-state index in [9.17, 15) is 9.59 Å². The number of carbonyl (C=O) groups excluding carboxylic acids is 2. The zero-order chi connectivity index (χ0) is 42.9. The summed E-state index contributed by atoms with van der Waals surface area (Å²) in [5.74, 6) is 1.95. The van der Waals surface area contributed by atoms with Crippen LogP contribution in [0.4, 0.5) is 23.5 Å². The number of hydrogen-bond acceptors (Lipinski definition) is 14. The molecule has 6 heterocycles. The van der Waals surface area contributed by atoms with Gasteiger partial charge >= 0.3 is 0 Å². The normalized spacial score (nSPS) is 15.0. The number of benzene rings is 2. The van der Waals surface area contributed by atoms with Crippen molar-refractivity contribution in [3.8, 4) is 0 Å². The molecule has 0 saturated carbocycles. The number of rotatable bonds is 10. The fourth-order valence-electron chi connectivity index (χ4n) is 6.94. The first kappa shape index (κ1) is 43.4. The number of likely N-dealkylation sites (N-methyl/N-ethyl adjacent to an activating group) is 2. The first-order valence-corrected chi connectivity index (χ1v) is 21.2. The maximum atomic E-state index is 12.3. The van der Waals surface area contributed by atoms with E-state index in [1.807, 2.05) is 62.4 Å². The molecule has 0 aliphatic carbocycles. The Balaban J connectivity index is 0.000000184. The highest BCUT2D eigenvalue weighted by atomic mass is 35.5. The fraction of sp³-hybridized carbons (Fsp3) is 0.395. The highest BCUT2D eigenvalue weighted by molar-refractivity contribution is 6.30. The summed E-state index contributed by atoms with van der Waals surface area (Å²) in [6.45, 7) is 11.4. The van der Waals surface area contributed by atoms with Crippen LogP contribution < -0.4 is 20.4 Å². The number of hydrogen-bond donors (Lipinski definition) is 2. The van der Waals surface area contributed by atoms with Gasteiger partial charge in [-0.3, -0.25) is 9.59 Å². The summed E-state index contributed by atoms with van der Waals surface area (Å²) in [4.78, 5) is 70.0. The number of amides is 2. The minimum absolute atomic E-state index is 0.118. The highest BCUT2D eigenvalue weighted by Gasteiger charge is 2.20. The molecule has 4 aromatic heterocycles. The first-order valence-electron chi connectivity index (χ1n) is 20.4. The summed E-state index contributed by atoms with van der Waals surface area (Å²) in [6.07, 6.45) is 6.11. The van der Waals surface area contributed by atoms with Crippen molar-refractivity contribution in [2.24, 2.45) is 0 Å². The van der Waals surface area contributed by atoms with E-state index >= 15 is 0 Å². The standard InChI is InChI=1S/C22H26ClN7O.C21H24ClN7O/c1-15-20-21(28-22(25-15)30-11-3-10-29(2)12-13-30)24-14-18(27-20)26-19(31)9-6-16-4-7-17(23)8-5-16;1-14-19-20(27-21(24-14)29-11-9-28(2)10-12-29)23-13-17(26-19)25-18(30)8-5-15-3-6-16(22)7-4-15/h4-5,7-8,14H,3,6,9-13H2,1-2H3,(H,26,27,31);3-4,6-7,13H,5,8-12H2,1-2H3,(H,25,26,30). The number of aryl methyl sites for hydroxylation is 4. The molecule has 2 aliphatic rings. The molecular formula is C43H50Cl2N14O2. The third kappa shape index (κ3) is 12.0. The van der Waals surface area contributed by atoms with Gasteiger partial charge in [-0.15, -0.1) is 0 Å². The maximum Gasteiger partial charge on any atom is 0.227 e. The van der Waals surface area contributed by atoms with Gasteiger partial charge < -0.3 is 30.2 Å². The van der Waals surface area contributed by atoms with Crippen molar-refractivity contribution in [1.82, 2.24) is 49.7 Å². The molecule has 2 aromatic carbocycles. The van der Waals surface area contributed by atoms with Crippen molar-refractivity contribution in [2.75, 3.05) is 86.9 Å². The number of carbonyl (C=O) groups is 2. The topological polar surface area (TPSA) is 174 Å². The van der Waals surface area contributed by atoms with Crippen molar-refractivity contribution in [3.05, 3.63) is 93.5 Å². The summed E-state index contributed by atoms with van der Waals surface area (Å²) in [5, 5.41) is 7.01. The Morgan fingerprint density at radius 1 is 0.557 bits per heavy atom. The molecular weight excluding hydrogens is 815 g/mol. The summed E-state index contributed by atoms with van der Waals surface area (Å²) >= 11 is 11.8. The summed E-state index contributed by atoms with van der Waals surface area (Å²) in [7, 11) is 4.24. The van der Waals surface area contributed by atoms with E-state index in [-0.39, 0.29) is 11.8 Å². The summed E-state index contributed by atoms with van der Waals surface area (Å²) in [5.41, 5.74) is 5.89. The Hall–Kier alpha value is -5.68. The molecule has 0 atom stereocenters. The quantitative estimate of drug-likeness (QED) is 0.169. The molecule has 2 saturated heterocycles. The Morgan fingerprint density at radius 2 is 0.967 bits per heavy atom. The lowest BCUT2D eigenvalue weighted by Gasteiger charge is -2.32. The van der Waals surface area contributed by atoms with E-state index in [1.165, 1.54) is 0 Å². The zero-order valence-electron chi connectivity index (χ0n) is 34.9. The molecule has 0 radical (unpaired) electrons. The van der Waals surface area contributed by atoms with Crippen molar-refractivity contribution in [2.45, 2.75) is 46.0 Å². The van der Waals surface area contributed by atoms with Crippen LogP contribution in [0.5, 0.6) is 0 Å². The molecule has 0 spiro atoms. The van der Waals surface area contributed by atoms with E-state index in [0.717, 1.165) is 81.3 Å². The molecule has 2 N–H and O–H groups in total.